The Bertz CT molecular complexity index is 187. The zero-order valence-electron chi connectivity index (χ0n) is 8.96. The third kappa shape index (κ3) is 8.92. The van der Waals surface area contributed by atoms with Crippen molar-refractivity contribution in [2.45, 2.75) is 46.3 Å². The van der Waals surface area contributed by atoms with Gasteiger partial charge in [0, 0.05) is 0 Å². The van der Waals surface area contributed by atoms with E-state index in [1.807, 2.05) is 20.8 Å². The second kappa shape index (κ2) is 4.90. The first-order chi connectivity index (χ1) is 5.81. The molecule has 76 valence electrons. The molecule has 13 heavy (non-hydrogen) atoms. The van der Waals surface area contributed by atoms with Crippen molar-refractivity contribution in [1.82, 2.24) is 0 Å². The number of hydrogen-bond acceptors (Lipinski definition) is 3. The Morgan fingerprint density at radius 2 is 1.85 bits per heavy atom. The molecule has 0 fully saturated rings. The molecule has 0 aliphatic rings. The minimum atomic E-state index is -0.376. The summed E-state index contributed by atoms with van der Waals surface area (Å²) in [7, 11) is 0. The molecule has 0 aromatic carbocycles. The van der Waals surface area contributed by atoms with Crippen molar-refractivity contribution in [2.24, 2.45) is 0 Å². The molecule has 3 nitrogen and oxygen atoms in total. The molecule has 0 atom stereocenters. The predicted molar refractivity (Wildman–Crippen MR) is 51.2 cm³/mol. The van der Waals surface area contributed by atoms with Crippen molar-refractivity contribution in [3.63, 3.8) is 0 Å². The molecule has 0 rings (SSSR count). The van der Waals surface area contributed by atoms with Crippen molar-refractivity contribution in [1.29, 1.82) is 0 Å². The summed E-state index contributed by atoms with van der Waals surface area (Å²) in [5.41, 5.74) is -0.269. The van der Waals surface area contributed by atoms with Gasteiger partial charge in [-0.25, -0.2) is 4.79 Å². The zero-order chi connectivity index (χ0) is 10.5. The van der Waals surface area contributed by atoms with Gasteiger partial charge in [0.15, 0.2) is 0 Å². The maximum absolute atomic E-state index is 11.0. The Hall–Kier alpha value is -0.990. The molecule has 0 aliphatic carbocycles. The first kappa shape index (κ1) is 12.0. The van der Waals surface area contributed by atoms with E-state index in [-0.39, 0.29) is 17.7 Å². The molecule has 0 heterocycles. The van der Waals surface area contributed by atoms with Crippen LogP contribution in [0.4, 0.5) is 0 Å². The molecular weight excluding hydrogens is 168 g/mol. The number of hydrogen-bond donors (Lipinski definition) is 0. The summed E-state index contributed by atoms with van der Waals surface area (Å²) >= 11 is 0. The van der Waals surface area contributed by atoms with Gasteiger partial charge >= 0.3 is 5.97 Å². The molecule has 0 radical (unpaired) electrons. The van der Waals surface area contributed by atoms with Gasteiger partial charge in [-0.1, -0.05) is 0 Å². The lowest BCUT2D eigenvalue weighted by Crippen LogP contribution is -2.16. The lowest BCUT2D eigenvalue weighted by Gasteiger charge is -2.17. The normalized spacial score (nSPS) is 12.2. The number of esters is 1. The van der Waals surface area contributed by atoms with Crippen LogP contribution in [0.2, 0.25) is 0 Å². The standard InChI is InChI=1S/C10H18O3/c1-8(2)13-9(11)6-7-12-10(3,4)5/h6-8H,1-5H3. The van der Waals surface area contributed by atoms with Gasteiger partial charge in [0.05, 0.1) is 24.0 Å². The van der Waals surface area contributed by atoms with Crippen molar-refractivity contribution < 1.29 is 14.3 Å². The van der Waals surface area contributed by atoms with Crippen LogP contribution in [0.25, 0.3) is 0 Å². The molecule has 0 bridgehead atoms. The van der Waals surface area contributed by atoms with Gasteiger partial charge in [0.2, 0.25) is 0 Å². The van der Waals surface area contributed by atoms with E-state index in [4.69, 9.17) is 9.47 Å². The van der Waals surface area contributed by atoms with E-state index in [1.54, 1.807) is 13.8 Å². The Morgan fingerprint density at radius 1 is 1.31 bits per heavy atom. The van der Waals surface area contributed by atoms with Crippen LogP contribution in [0.1, 0.15) is 34.6 Å². The lowest BCUT2D eigenvalue weighted by molar-refractivity contribution is -0.141. The maximum Gasteiger partial charge on any atom is 0.334 e. The summed E-state index contributed by atoms with van der Waals surface area (Å²) < 4.78 is 10.1. The fourth-order valence-corrected chi connectivity index (χ4v) is 0.565. The van der Waals surface area contributed by atoms with Gasteiger partial charge in [-0.2, -0.15) is 0 Å². The summed E-state index contributed by atoms with van der Waals surface area (Å²) in [5.74, 6) is -0.376. The van der Waals surface area contributed by atoms with Crippen LogP contribution in [0.3, 0.4) is 0 Å². The highest BCUT2D eigenvalue weighted by Gasteiger charge is 2.08. The number of carbonyl (C=O) groups excluding carboxylic acids is 1. The second-order valence-electron chi connectivity index (χ2n) is 4.02. The Balaban J connectivity index is 3.79. The first-order valence-electron chi connectivity index (χ1n) is 4.36. The largest absolute Gasteiger partial charge is 0.495 e. The Morgan fingerprint density at radius 3 is 2.23 bits per heavy atom. The highest BCUT2D eigenvalue weighted by Crippen LogP contribution is 2.06. The minimum Gasteiger partial charge on any atom is -0.495 e. The van der Waals surface area contributed by atoms with Gasteiger partial charge in [0.25, 0.3) is 0 Å². The molecule has 0 saturated carbocycles. The molecule has 0 amide bonds. The van der Waals surface area contributed by atoms with Crippen LogP contribution >= 0.6 is 0 Å². The molecule has 0 aliphatic heterocycles. The quantitative estimate of drug-likeness (QED) is 0.385. The van der Waals surface area contributed by atoms with Gasteiger partial charge in [-0.05, 0) is 34.6 Å². The summed E-state index contributed by atoms with van der Waals surface area (Å²) in [4.78, 5) is 11.0. The third-order valence-corrected chi connectivity index (χ3v) is 0.978. The first-order valence-corrected chi connectivity index (χ1v) is 4.36. The van der Waals surface area contributed by atoms with Crippen molar-refractivity contribution >= 4 is 5.97 Å². The highest BCUT2D eigenvalue weighted by atomic mass is 16.5. The fraction of sp³-hybridized carbons (Fsp3) is 0.700. The monoisotopic (exact) mass is 186 g/mol. The number of ether oxygens (including phenoxy) is 2. The molecule has 3 heteroatoms. The van der Waals surface area contributed by atoms with E-state index < -0.39 is 0 Å². The summed E-state index contributed by atoms with van der Waals surface area (Å²) in [5, 5.41) is 0. The van der Waals surface area contributed by atoms with Crippen LogP contribution in [0.15, 0.2) is 12.3 Å². The summed E-state index contributed by atoms with van der Waals surface area (Å²) in [6.07, 6.45) is 2.56. The molecule has 0 aromatic rings. The van der Waals surface area contributed by atoms with Crippen molar-refractivity contribution in [2.75, 3.05) is 0 Å². The Labute approximate surface area is 79.7 Å². The molecule has 0 spiro atoms. The molecule has 0 unspecified atom stereocenters. The van der Waals surface area contributed by atoms with E-state index in [1.165, 1.54) is 12.3 Å². The van der Waals surface area contributed by atoms with E-state index in [0.29, 0.717) is 0 Å². The Kier molecular flexibility index (Phi) is 4.52. The smallest absolute Gasteiger partial charge is 0.334 e. The summed E-state index contributed by atoms with van der Waals surface area (Å²) in [6.45, 7) is 9.33. The van der Waals surface area contributed by atoms with Gasteiger partial charge < -0.3 is 9.47 Å². The van der Waals surface area contributed by atoms with Crippen LogP contribution in [0, 0.1) is 0 Å². The SMILES string of the molecule is CC(C)OC(=O)C=COC(C)(C)C. The fourth-order valence-electron chi connectivity index (χ4n) is 0.565. The van der Waals surface area contributed by atoms with E-state index in [0.717, 1.165) is 0 Å². The molecule has 0 N–H and O–H groups in total. The van der Waals surface area contributed by atoms with E-state index in [9.17, 15) is 4.79 Å². The average Bonchev–Trinajstić information content (AvgIpc) is 1.81. The van der Waals surface area contributed by atoms with Crippen LogP contribution in [0.5, 0.6) is 0 Å². The van der Waals surface area contributed by atoms with Gasteiger partial charge in [-0.3, -0.25) is 0 Å². The lowest BCUT2D eigenvalue weighted by atomic mass is 10.2. The molecular formula is C10H18O3. The van der Waals surface area contributed by atoms with Crippen LogP contribution in [-0.2, 0) is 14.3 Å². The number of carbonyl (C=O) groups is 1. The minimum absolute atomic E-state index is 0.0909. The van der Waals surface area contributed by atoms with Gasteiger partial charge in [0.1, 0.15) is 0 Å². The zero-order valence-corrected chi connectivity index (χ0v) is 8.96. The third-order valence-electron chi connectivity index (χ3n) is 0.978. The van der Waals surface area contributed by atoms with Crippen LogP contribution < -0.4 is 0 Å². The highest BCUT2D eigenvalue weighted by molar-refractivity contribution is 5.81. The predicted octanol–water partition coefficient (Wildman–Crippen LogP) is 2.27. The topological polar surface area (TPSA) is 35.5 Å². The summed E-state index contributed by atoms with van der Waals surface area (Å²) in [6, 6.07) is 0. The van der Waals surface area contributed by atoms with E-state index in [2.05, 4.69) is 0 Å². The van der Waals surface area contributed by atoms with Crippen molar-refractivity contribution in [3.05, 3.63) is 12.3 Å². The maximum atomic E-state index is 11.0. The molecule has 0 aromatic heterocycles. The van der Waals surface area contributed by atoms with E-state index >= 15 is 0 Å². The van der Waals surface area contributed by atoms with Crippen LogP contribution in [-0.4, -0.2) is 17.7 Å². The van der Waals surface area contributed by atoms with Crippen molar-refractivity contribution in [3.8, 4) is 0 Å². The second-order valence-corrected chi connectivity index (χ2v) is 4.02. The average molecular weight is 186 g/mol. The molecule has 0 saturated heterocycles. The number of rotatable bonds is 3. The van der Waals surface area contributed by atoms with Gasteiger partial charge in [-0.15, -0.1) is 0 Å².